The molecule has 1 aromatic rings. The van der Waals surface area contributed by atoms with Crippen LogP contribution in [0.1, 0.15) is 75.5 Å². The molecule has 2 saturated heterocycles. The predicted molar refractivity (Wildman–Crippen MR) is 131 cm³/mol. The van der Waals surface area contributed by atoms with Gasteiger partial charge in [0.15, 0.2) is 0 Å². The van der Waals surface area contributed by atoms with E-state index in [4.69, 9.17) is 0 Å². The van der Waals surface area contributed by atoms with Gasteiger partial charge in [0.05, 0.1) is 0 Å². The third-order valence-corrected chi connectivity index (χ3v) is 8.83. The molecule has 0 bridgehead atoms. The zero-order valence-electron chi connectivity index (χ0n) is 19.5. The molecule has 164 valence electrons. The Morgan fingerprint density at radius 2 is 2.00 bits per heavy atom. The van der Waals surface area contributed by atoms with Gasteiger partial charge in [-0.2, -0.15) is 0 Å². The smallest absolute Gasteiger partial charge is 0.0294 e. The fourth-order valence-electron chi connectivity index (χ4n) is 5.54. The fraction of sp³-hybridized carbons (Fsp3) is 0.630. The third-order valence-electron chi connectivity index (χ3n) is 7.56. The standard InChI is InChI=1S/C27H40N2S/c1-6-7-8-9-22-11-13-24(25-14-20(4)10-12-23(25)19(2)3)21(5)26(22)30-29-17-27(18-29)15-28-16-27/h11,13-14,23,25,28H,2,6-10,12,15-18H2,1,3-5H3. The van der Waals surface area contributed by atoms with E-state index in [1.807, 2.05) is 11.9 Å². The normalized spacial score (nSPS) is 25.5. The van der Waals surface area contributed by atoms with Crippen LogP contribution < -0.4 is 5.32 Å². The molecule has 0 saturated carbocycles. The number of nitrogens with zero attached hydrogens (tertiary/aromatic N) is 1. The SMILES string of the molecule is C=C(C)C1CCC(C)=CC1c1ccc(CCCCC)c(SN2CC3(CNC3)C2)c1C. The highest BCUT2D eigenvalue weighted by Crippen LogP contribution is 2.46. The van der Waals surface area contributed by atoms with Crippen molar-refractivity contribution < 1.29 is 0 Å². The molecule has 2 fully saturated rings. The van der Waals surface area contributed by atoms with Crippen LogP contribution in [-0.2, 0) is 6.42 Å². The second-order valence-electron chi connectivity index (χ2n) is 10.2. The molecule has 3 heteroatoms. The maximum Gasteiger partial charge on any atom is 0.0294 e. The van der Waals surface area contributed by atoms with Crippen LogP contribution in [0.25, 0.3) is 0 Å². The molecule has 2 atom stereocenters. The average molecular weight is 425 g/mol. The molecule has 4 rings (SSSR count). The van der Waals surface area contributed by atoms with Gasteiger partial charge in [-0.1, -0.05) is 55.7 Å². The van der Waals surface area contributed by atoms with E-state index >= 15 is 0 Å². The van der Waals surface area contributed by atoms with Crippen LogP contribution in [0.15, 0.2) is 40.8 Å². The number of hydrogen-bond donors (Lipinski definition) is 1. The van der Waals surface area contributed by atoms with E-state index < -0.39 is 0 Å². The van der Waals surface area contributed by atoms with Crippen LogP contribution in [0.2, 0.25) is 0 Å². The zero-order valence-corrected chi connectivity index (χ0v) is 20.3. The van der Waals surface area contributed by atoms with Crippen molar-refractivity contribution in [2.45, 2.75) is 77.0 Å². The molecule has 3 aliphatic rings. The summed E-state index contributed by atoms with van der Waals surface area (Å²) in [6.07, 6.45) is 10.1. The van der Waals surface area contributed by atoms with Crippen LogP contribution >= 0.6 is 11.9 Å². The summed E-state index contributed by atoms with van der Waals surface area (Å²) >= 11 is 2.04. The van der Waals surface area contributed by atoms with Crippen LogP contribution in [-0.4, -0.2) is 30.5 Å². The molecular formula is C27H40N2S. The van der Waals surface area contributed by atoms with Crippen LogP contribution in [0.4, 0.5) is 0 Å². The molecular weight excluding hydrogens is 384 g/mol. The van der Waals surface area contributed by atoms with Crippen molar-refractivity contribution >= 4 is 11.9 Å². The van der Waals surface area contributed by atoms with Gasteiger partial charge >= 0.3 is 0 Å². The first-order chi connectivity index (χ1) is 14.4. The minimum atomic E-state index is 0.485. The van der Waals surface area contributed by atoms with Crippen molar-refractivity contribution in [1.82, 2.24) is 9.62 Å². The summed E-state index contributed by atoms with van der Waals surface area (Å²) in [5, 5.41) is 3.47. The van der Waals surface area contributed by atoms with Crippen LogP contribution in [0, 0.1) is 18.3 Å². The van der Waals surface area contributed by atoms with Gasteiger partial charge in [0.2, 0.25) is 0 Å². The molecule has 1 N–H and O–H groups in total. The van der Waals surface area contributed by atoms with Crippen LogP contribution in [0.5, 0.6) is 0 Å². The molecule has 30 heavy (non-hydrogen) atoms. The van der Waals surface area contributed by atoms with E-state index in [9.17, 15) is 0 Å². The molecule has 1 aromatic carbocycles. The lowest BCUT2D eigenvalue weighted by Crippen LogP contribution is -2.69. The van der Waals surface area contributed by atoms with Crippen LogP contribution in [0.3, 0.4) is 0 Å². The molecule has 2 heterocycles. The number of hydrogen-bond acceptors (Lipinski definition) is 3. The Hall–Kier alpha value is -1.03. The molecule has 0 radical (unpaired) electrons. The summed E-state index contributed by atoms with van der Waals surface area (Å²) in [6, 6.07) is 4.90. The topological polar surface area (TPSA) is 15.3 Å². The summed E-state index contributed by atoms with van der Waals surface area (Å²) in [5.74, 6) is 1.06. The second kappa shape index (κ2) is 9.22. The first kappa shape index (κ1) is 22.2. The number of nitrogens with one attached hydrogen (secondary N) is 1. The van der Waals surface area contributed by atoms with Gasteiger partial charge in [0.25, 0.3) is 0 Å². The van der Waals surface area contributed by atoms with Gasteiger partial charge in [-0.15, -0.1) is 0 Å². The lowest BCUT2D eigenvalue weighted by Gasteiger charge is -2.55. The minimum absolute atomic E-state index is 0.485. The van der Waals surface area contributed by atoms with E-state index in [2.05, 4.69) is 62.1 Å². The Bertz CT molecular complexity index is 812. The maximum atomic E-state index is 4.35. The number of aryl methyl sites for hydroxylation is 1. The van der Waals surface area contributed by atoms with Crippen molar-refractivity contribution in [3.63, 3.8) is 0 Å². The molecule has 2 aliphatic heterocycles. The second-order valence-corrected chi connectivity index (χ2v) is 11.4. The summed E-state index contributed by atoms with van der Waals surface area (Å²) in [4.78, 5) is 1.54. The summed E-state index contributed by atoms with van der Waals surface area (Å²) < 4.78 is 2.61. The molecule has 0 amide bonds. The number of benzene rings is 1. The van der Waals surface area contributed by atoms with E-state index in [0.717, 1.165) is 0 Å². The van der Waals surface area contributed by atoms with E-state index in [1.54, 1.807) is 16.0 Å². The first-order valence-electron chi connectivity index (χ1n) is 12.0. The number of allylic oxidation sites excluding steroid dienone is 3. The Balaban J connectivity index is 1.62. The summed E-state index contributed by atoms with van der Waals surface area (Å²) in [5.41, 5.74) is 8.07. The van der Waals surface area contributed by atoms with Gasteiger partial charge < -0.3 is 5.32 Å². The quantitative estimate of drug-likeness (QED) is 0.285. The first-order valence-corrected chi connectivity index (χ1v) is 12.8. The lowest BCUT2D eigenvalue weighted by molar-refractivity contribution is 0.0235. The van der Waals surface area contributed by atoms with Crippen molar-refractivity contribution in [3.8, 4) is 0 Å². The van der Waals surface area contributed by atoms with E-state index in [-0.39, 0.29) is 0 Å². The number of unbranched alkanes of at least 4 members (excludes halogenated alkanes) is 2. The minimum Gasteiger partial charge on any atom is -0.315 e. The van der Waals surface area contributed by atoms with Gasteiger partial charge in [-0.25, -0.2) is 4.31 Å². The molecule has 1 aliphatic carbocycles. The fourth-order valence-corrected chi connectivity index (χ4v) is 7.02. The highest BCUT2D eigenvalue weighted by atomic mass is 32.2. The number of rotatable bonds is 8. The lowest BCUT2D eigenvalue weighted by atomic mass is 9.73. The molecule has 2 nitrogen and oxygen atoms in total. The average Bonchev–Trinajstić information content (AvgIpc) is 2.64. The van der Waals surface area contributed by atoms with Gasteiger partial charge in [0.1, 0.15) is 0 Å². The van der Waals surface area contributed by atoms with E-state index in [0.29, 0.717) is 17.3 Å². The summed E-state index contributed by atoms with van der Waals surface area (Å²) in [7, 11) is 0. The highest BCUT2D eigenvalue weighted by molar-refractivity contribution is 7.97. The Morgan fingerprint density at radius 1 is 1.23 bits per heavy atom. The Morgan fingerprint density at radius 3 is 2.63 bits per heavy atom. The Labute approximate surface area is 188 Å². The monoisotopic (exact) mass is 424 g/mol. The Kier molecular flexibility index (Phi) is 6.82. The zero-order chi connectivity index (χ0) is 21.3. The van der Waals surface area contributed by atoms with Crippen molar-refractivity contribution in [2.75, 3.05) is 26.2 Å². The van der Waals surface area contributed by atoms with Gasteiger partial charge in [0, 0.05) is 42.4 Å². The highest BCUT2D eigenvalue weighted by Gasteiger charge is 2.48. The maximum absolute atomic E-state index is 4.35. The molecule has 0 aromatic heterocycles. The van der Waals surface area contributed by atoms with E-state index in [1.165, 1.54) is 81.4 Å². The van der Waals surface area contributed by atoms with Crippen molar-refractivity contribution in [1.29, 1.82) is 0 Å². The van der Waals surface area contributed by atoms with Crippen molar-refractivity contribution in [2.24, 2.45) is 11.3 Å². The van der Waals surface area contributed by atoms with Gasteiger partial charge in [-0.05, 0) is 81.0 Å². The predicted octanol–water partition coefficient (Wildman–Crippen LogP) is 6.66. The molecule has 2 unspecified atom stereocenters. The van der Waals surface area contributed by atoms with Gasteiger partial charge in [-0.3, -0.25) is 0 Å². The summed E-state index contributed by atoms with van der Waals surface area (Å²) in [6.45, 7) is 18.4. The largest absolute Gasteiger partial charge is 0.315 e. The third kappa shape index (κ3) is 4.45. The van der Waals surface area contributed by atoms with Crippen molar-refractivity contribution in [3.05, 3.63) is 52.6 Å². The molecule has 1 spiro atoms.